The molecule has 0 aliphatic heterocycles. The van der Waals surface area contributed by atoms with Crippen molar-refractivity contribution >= 4 is 27.6 Å². The van der Waals surface area contributed by atoms with Crippen molar-refractivity contribution < 1.29 is 0 Å². The summed E-state index contributed by atoms with van der Waals surface area (Å²) in [4.78, 5) is 8.48. The molecule has 1 aromatic heterocycles. The molecule has 0 aliphatic carbocycles. The molecule has 100 valence electrons. The Bertz CT molecular complexity index is 516. The predicted molar refractivity (Wildman–Crippen MR) is 82.3 cm³/mol. The van der Waals surface area contributed by atoms with Crippen LogP contribution >= 0.6 is 15.9 Å². The van der Waals surface area contributed by atoms with Crippen molar-refractivity contribution in [1.82, 2.24) is 9.97 Å². The fourth-order valence-corrected chi connectivity index (χ4v) is 2.13. The Morgan fingerprint density at radius 2 is 1.74 bits per heavy atom. The van der Waals surface area contributed by atoms with E-state index >= 15 is 0 Å². The fraction of sp³-hybridized carbons (Fsp3) is 0.286. The smallest absolute Gasteiger partial charge is 0.146 e. The molecule has 2 N–H and O–H groups in total. The minimum atomic E-state index is 0.740. The minimum Gasteiger partial charge on any atom is -0.369 e. The highest BCUT2D eigenvalue weighted by atomic mass is 79.9. The van der Waals surface area contributed by atoms with Gasteiger partial charge in [0.2, 0.25) is 0 Å². The van der Waals surface area contributed by atoms with Gasteiger partial charge in [0.05, 0.1) is 0 Å². The summed E-state index contributed by atoms with van der Waals surface area (Å²) in [5.41, 5.74) is 1.22. The van der Waals surface area contributed by atoms with Crippen LogP contribution in [-0.2, 0) is 6.54 Å². The van der Waals surface area contributed by atoms with Crippen molar-refractivity contribution in [3.8, 4) is 0 Å². The fourth-order valence-electron chi connectivity index (χ4n) is 1.64. The molecule has 19 heavy (non-hydrogen) atoms. The van der Waals surface area contributed by atoms with Crippen LogP contribution in [0.4, 0.5) is 11.6 Å². The van der Waals surface area contributed by atoms with E-state index in [1.807, 2.05) is 18.2 Å². The van der Waals surface area contributed by atoms with E-state index in [1.54, 1.807) is 6.33 Å². The van der Waals surface area contributed by atoms with Crippen LogP contribution in [0.5, 0.6) is 0 Å². The third-order valence-electron chi connectivity index (χ3n) is 2.63. The summed E-state index contributed by atoms with van der Waals surface area (Å²) < 4.78 is 0.874. The molecule has 5 heteroatoms. The highest BCUT2D eigenvalue weighted by molar-refractivity contribution is 9.10. The van der Waals surface area contributed by atoms with Gasteiger partial charge in [0.25, 0.3) is 0 Å². The average molecular weight is 321 g/mol. The lowest BCUT2D eigenvalue weighted by Gasteiger charge is -2.11. The van der Waals surface area contributed by atoms with Crippen LogP contribution in [0.25, 0.3) is 0 Å². The zero-order chi connectivity index (χ0) is 13.5. The van der Waals surface area contributed by atoms with E-state index in [2.05, 4.69) is 55.6 Å². The van der Waals surface area contributed by atoms with E-state index in [4.69, 9.17) is 0 Å². The Kier molecular flexibility index (Phi) is 5.15. The van der Waals surface area contributed by atoms with Gasteiger partial charge in [0.1, 0.15) is 22.4 Å². The molecule has 0 fully saturated rings. The van der Waals surface area contributed by atoms with Crippen LogP contribution in [-0.4, -0.2) is 16.5 Å². The Balaban J connectivity index is 2.04. The van der Waals surface area contributed by atoms with E-state index in [9.17, 15) is 0 Å². The Labute approximate surface area is 121 Å². The summed E-state index contributed by atoms with van der Waals surface area (Å²) in [6.07, 6.45) is 2.62. The molecule has 2 rings (SSSR count). The van der Waals surface area contributed by atoms with Crippen molar-refractivity contribution in [3.63, 3.8) is 0 Å². The lowest BCUT2D eigenvalue weighted by molar-refractivity contribution is 0.960. The van der Waals surface area contributed by atoms with E-state index in [0.717, 1.165) is 35.6 Å². The van der Waals surface area contributed by atoms with Gasteiger partial charge in [-0.25, -0.2) is 9.97 Å². The average Bonchev–Trinajstić information content (AvgIpc) is 2.46. The van der Waals surface area contributed by atoms with Gasteiger partial charge in [-0.3, -0.25) is 0 Å². The third kappa shape index (κ3) is 3.92. The first kappa shape index (κ1) is 13.8. The summed E-state index contributed by atoms with van der Waals surface area (Å²) >= 11 is 3.54. The molecule has 0 spiro atoms. The largest absolute Gasteiger partial charge is 0.369 e. The van der Waals surface area contributed by atoms with Gasteiger partial charge in [-0.1, -0.05) is 37.3 Å². The quantitative estimate of drug-likeness (QED) is 0.852. The van der Waals surface area contributed by atoms with Gasteiger partial charge in [-0.2, -0.15) is 0 Å². The monoisotopic (exact) mass is 320 g/mol. The SMILES string of the molecule is CCCNc1ncnc(NCc2ccccc2)c1Br. The van der Waals surface area contributed by atoms with Gasteiger partial charge < -0.3 is 10.6 Å². The molecule has 0 aliphatic rings. The predicted octanol–water partition coefficient (Wildman–Crippen LogP) is 3.67. The molecule has 0 amide bonds. The second-order valence-corrected chi connectivity index (χ2v) is 4.94. The number of hydrogen-bond donors (Lipinski definition) is 2. The molecular weight excluding hydrogens is 304 g/mol. The Morgan fingerprint density at radius 3 is 2.42 bits per heavy atom. The van der Waals surface area contributed by atoms with E-state index in [1.165, 1.54) is 5.56 Å². The van der Waals surface area contributed by atoms with Gasteiger partial charge in [0.15, 0.2) is 0 Å². The number of anilines is 2. The number of benzene rings is 1. The van der Waals surface area contributed by atoms with Crippen LogP contribution in [0.3, 0.4) is 0 Å². The Morgan fingerprint density at radius 1 is 1.05 bits per heavy atom. The number of hydrogen-bond acceptors (Lipinski definition) is 4. The summed E-state index contributed by atoms with van der Waals surface area (Å²) in [7, 11) is 0. The molecule has 1 aromatic carbocycles. The minimum absolute atomic E-state index is 0.740. The first-order valence-electron chi connectivity index (χ1n) is 6.33. The van der Waals surface area contributed by atoms with Gasteiger partial charge in [-0.05, 0) is 27.9 Å². The first-order chi connectivity index (χ1) is 9.31. The molecule has 1 heterocycles. The zero-order valence-corrected chi connectivity index (χ0v) is 12.4. The summed E-state index contributed by atoms with van der Waals surface area (Å²) in [6.45, 7) is 3.76. The molecule has 0 saturated heterocycles. The molecule has 2 aromatic rings. The Hall–Kier alpha value is -1.62. The highest BCUT2D eigenvalue weighted by Crippen LogP contribution is 2.26. The normalized spacial score (nSPS) is 10.2. The molecule has 0 unspecified atom stereocenters. The number of aromatic nitrogens is 2. The lowest BCUT2D eigenvalue weighted by Crippen LogP contribution is -2.07. The highest BCUT2D eigenvalue weighted by Gasteiger charge is 2.07. The summed E-state index contributed by atoms with van der Waals surface area (Å²) in [5.74, 6) is 1.63. The van der Waals surface area contributed by atoms with Crippen LogP contribution in [0.1, 0.15) is 18.9 Å². The van der Waals surface area contributed by atoms with Crippen molar-refractivity contribution in [3.05, 3.63) is 46.7 Å². The molecule has 0 atom stereocenters. The van der Waals surface area contributed by atoms with Crippen molar-refractivity contribution in [1.29, 1.82) is 0 Å². The third-order valence-corrected chi connectivity index (χ3v) is 3.39. The van der Waals surface area contributed by atoms with Gasteiger partial charge >= 0.3 is 0 Å². The van der Waals surface area contributed by atoms with Crippen LogP contribution in [0.2, 0.25) is 0 Å². The molecule has 0 saturated carbocycles. The van der Waals surface area contributed by atoms with E-state index < -0.39 is 0 Å². The maximum absolute atomic E-state index is 4.25. The first-order valence-corrected chi connectivity index (χ1v) is 7.12. The van der Waals surface area contributed by atoms with E-state index in [-0.39, 0.29) is 0 Å². The molecular formula is C14H17BrN4. The molecule has 0 radical (unpaired) electrons. The van der Waals surface area contributed by atoms with Crippen molar-refractivity contribution in [2.24, 2.45) is 0 Å². The van der Waals surface area contributed by atoms with Crippen molar-refractivity contribution in [2.75, 3.05) is 17.2 Å². The van der Waals surface area contributed by atoms with E-state index in [0.29, 0.717) is 0 Å². The van der Waals surface area contributed by atoms with Crippen LogP contribution in [0.15, 0.2) is 41.1 Å². The number of nitrogens with zero attached hydrogens (tertiary/aromatic N) is 2. The molecule has 4 nitrogen and oxygen atoms in total. The van der Waals surface area contributed by atoms with Crippen molar-refractivity contribution in [2.45, 2.75) is 19.9 Å². The van der Waals surface area contributed by atoms with Gasteiger partial charge in [-0.15, -0.1) is 0 Å². The van der Waals surface area contributed by atoms with Gasteiger partial charge in [0, 0.05) is 13.1 Å². The maximum Gasteiger partial charge on any atom is 0.146 e. The topological polar surface area (TPSA) is 49.8 Å². The zero-order valence-electron chi connectivity index (χ0n) is 10.9. The van der Waals surface area contributed by atoms with Crippen LogP contribution in [0, 0.1) is 0 Å². The standard InChI is InChI=1S/C14H17BrN4/c1-2-8-16-13-12(15)14(19-10-18-13)17-9-11-6-4-3-5-7-11/h3-7,10H,2,8-9H2,1H3,(H2,16,17,18,19). The second kappa shape index (κ2) is 7.09. The number of nitrogens with one attached hydrogen (secondary N) is 2. The summed E-state index contributed by atoms with van der Waals surface area (Å²) in [6, 6.07) is 10.2. The number of halogens is 1. The summed E-state index contributed by atoms with van der Waals surface area (Å²) in [5, 5.41) is 6.57. The lowest BCUT2D eigenvalue weighted by atomic mass is 10.2. The maximum atomic E-state index is 4.25. The second-order valence-electron chi connectivity index (χ2n) is 4.15. The number of rotatable bonds is 6. The van der Waals surface area contributed by atoms with Crippen LogP contribution < -0.4 is 10.6 Å². The molecule has 0 bridgehead atoms.